The number of fused-ring (bicyclic) bond motifs is 1. The normalized spacial score (nSPS) is 22.9. The summed E-state index contributed by atoms with van der Waals surface area (Å²) < 4.78 is 0. The number of likely N-dealkylation sites (tertiary alicyclic amines) is 1. The molecule has 0 spiro atoms. The average molecular weight is 449 g/mol. The van der Waals surface area contributed by atoms with Gasteiger partial charge < -0.3 is 10.0 Å². The first-order valence-corrected chi connectivity index (χ1v) is 11.5. The molecule has 1 aromatic heterocycles. The molecule has 2 saturated heterocycles. The summed E-state index contributed by atoms with van der Waals surface area (Å²) in [6.07, 6.45) is 1.66. The van der Waals surface area contributed by atoms with Gasteiger partial charge in [0, 0.05) is 26.1 Å². The van der Waals surface area contributed by atoms with E-state index >= 15 is 0 Å². The molecule has 2 aromatic rings. The molecule has 3 aliphatic heterocycles. The van der Waals surface area contributed by atoms with Gasteiger partial charge in [0.15, 0.2) is 0 Å². The third kappa shape index (κ3) is 4.16. The highest BCUT2D eigenvalue weighted by molar-refractivity contribution is 6.05. The molecule has 1 aromatic carbocycles. The molecule has 1 atom stereocenters. The van der Waals surface area contributed by atoms with Crippen molar-refractivity contribution in [2.45, 2.75) is 57.3 Å². The summed E-state index contributed by atoms with van der Waals surface area (Å²) in [7, 11) is 0. The van der Waals surface area contributed by atoms with Gasteiger partial charge in [0.1, 0.15) is 11.6 Å². The second-order valence-electron chi connectivity index (χ2n) is 9.39. The Kier molecular flexibility index (Phi) is 5.50. The van der Waals surface area contributed by atoms with Gasteiger partial charge in [-0.25, -0.2) is 0 Å². The highest BCUT2D eigenvalue weighted by Gasteiger charge is 2.41. The summed E-state index contributed by atoms with van der Waals surface area (Å²) >= 11 is 0. The van der Waals surface area contributed by atoms with Crippen LogP contribution in [0, 0.1) is 6.92 Å². The van der Waals surface area contributed by atoms with E-state index in [0.717, 1.165) is 19.6 Å². The molecule has 2 N–H and O–H groups in total. The highest BCUT2D eigenvalue weighted by Crippen LogP contribution is 2.34. The van der Waals surface area contributed by atoms with Gasteiger partial charge in [0.05, 0.1) is 23.5 Å². The van der Waals surface area contributed by atoms with Crippen molar-refractivity contribution in [2.75, 3.05) is 13.1 Å². The number of hydrogen-bond acceptors (Lipinski definition) is 6. The average Bonchev–Trinajstić information content (AvgIpc) is 3.11. The summed E-state index contributed by atoms with van der Waals surface area (Å²) in [4.78, 5) is 45.1. The van der Waals surface area contributed by atoms with E-state index in [4.69, 9.17) is 0 Å². The lowest BCUT2D eigenvalue weighted by Gasteiger charge is -2.38. The molecule has 3 aliphatic rings. The Morgan fingerprint density at radius 3 is 2.67 bits per heavy atom. The van der Waals surface area contributed by atoms with Crippen molar-refractivity contribution in [3.8, 4) is 0 Å². The Morgan fingerprint density at radius 1 is 1.15 bits per heavy atom. The molecule has 0 radical (unpaired) electrons. The molecule has 4 heterocycles. The van der Waals surface area contributed by atoms with Crippen LogP contribution in [0.2, 0.25) is 0 Å². The van der Waals surface area contributed by atoms with Gasteiger partial charge in [-0.3, -0.25) is 29.6 Å². The van der Waals surface area contributed by atoms with Crippen LogP contribution in [0.4, 0.5) is 0 Å². The lowest BCUT2D eigenvalue weighted by molar-refractivity contribution is -0.136. The number of nitrogens with zero attached hydrogens (tertiary/aromatic N) is 3. The van der Waals surface area contributed by atoms with E-state index in [-0.39, 0.29) is 24.8 Å². The highest BCUT2D eigenvalue weighted by atomic mass is 16.3. The van der Waals surface area contributed by atoms with Gasteiger partial charge in [0.25, 0.3) is 5.91 Å². The monoisotopic (exact) mass is 448 g/mol. The third-order valence-electron chi connectivity index (χ3n) is 7.02. The predicted molar refractivity (Wildman–Crippen MR) is 120 cm³/mol. The molecule has 0 bridgehead atoms. The first-order valence-electron chi connectivity index (χ1n) is 11.5. The molecule has 1 unspecified atom stereocenters. The standard InChI is InChI=1S/C25H28N4O4/c1-16-3-2-4-17(13-16)14-28-11-9-25(33,10-12-28)21-7-5-18-19(26-21)15-29(24(18)32)20-6-8-22(30)27-23(20)31/h2-5,7,13,20,33H,6,8-12,14-15H2,1H3,(H,27,30,31). The first kappa shape index (κ1) is 21.7. The topological polar surface area (TPSA) is 103 Å². The van der Waals surface area contributed by atoms with Crippen LogP contribution in [0.25, 0.3) is 0 Å². The number of aryl methyl sites for hydroxylation is 1. The number of carbonyl (C=O) groups excluding carboxylic acids is 3. The second-order valence-corrected chi connectivity index (χ2v) is 9.39. The molecule has 3 amide bonds. The SMILES string of the molecule is Cc1cccc(CN2CCC(O)(c3ccc4c(n3)CN(C3CCC(=O)NC3=O)C4=O)CC2)c1. The van der Waals surface area contributed by atoms with Gasteiger partial charge in [-0.15, -0.1) is 0 Å². The van der Waals surface area contributed by atoms with Crippen molar-refractivity contribution in [1.29, 1.82) is 0 Å². The number of hydrogen-bond donors (Lipinski definition) is 2. The maximum Gasteiger partial charge on any atom is 0.256 e. The molecule has 0 aliphatic carbocycles. The minimum atomic E-state index is -1.04. The van der Waals surface area contributed by atoms with Crippen LogP contribution in [-0.2, 0) is 28.3 Å². The van der Waals surface area contributed by atoms with Crippen molar-refractivity contribution < 1.29 is 19.5 Å². The van der Waals surface area contributed by atoms with Crippen molar-refractivity contribution in [3.05, 3.63) is 64.5 Å². The van der Waals surface area contributed by atoms with E-state index in [1.807, 2.05) is 0 Å². The molecule has 33 heavy (non-hydrogen) atoms. The number of amides is 3. The van der Waals surface area contributed by atoms with Crippen molar-refractivity contribution >= 4 is 17.7 Å². The Morgan fingerprint density at radius 2 is 1.94 bits per heavy atom. The first-order chi connectivity index (χ1) is 15.8. The summed E-state index contributed by atoms with van der Waals surface area (Å²) in [6, 6.07) is 11.3. The van der Waals surface area contributed by atoms with Gasteiger partial charge in [0.2, 0.25) is 11.8 Å². The van der Waals surface area contributed by atoms with Gasteiger partial charge in [-0.05, 0) is 43.9 Å². The number of nitrogens with one attached hydrogen (secondary N) is 1. The molecule has 8 nitrogen and oxygen atoms in total. The molecule has 8 heteroatoms. The number of benzene rings is 1. The fourth-order valence-electron chi connectivity index (χ4n) is 5.10. The quantitative estimate of drug-likeness (QED) is 0.690. The van der Waals surface area contributed by atoms with Crippen LogP contribution in [-0.4, -0.2) is 56.7 Å². The zero-order valence-corrected chi connectivity index (χ0v) is 18.7. The van der Waals surface area contributed by atoms with E-state index in [9.17, 15) is 19.5 Å². The van der Waals surface area contributed by atoms with E-state index in [0.29, 0.717) is 36.2 Å². The molecular formula is C25H28N4O4. The van der Waals surface area contributed by atoms with Crippen LogP contribution in [0.3, 0.4) is 0 Å². The molecule has 5 rings (SSSR count). The van der Waals surface area contributed by atoms with Gasteiger partial charge in [-0.2, -0.15) is 0 Å². The van der Waals surface area contributed by atoms with Crippen molar-refractivity contribution in [3.63, 3.8) is 0 Å². The van der Waals surface area contributed by atoms with E-state index in [2.05, 4.69) is 46.4 Å². The Bertz CT molecular complexity index is 1120. The van der Waals surface area contributed by atoms with Gasteiger partial charge >= 0.3 is 0 Å². The van der Waals surface area contributed by atoms with Crippen LogP contribution in [0.15, 0.2) is 36.4 Å². The minimum Gasteiger partial charge on any atom is -0.383 e. The second kappa shape index (κ2) is 8.35. The number of aliphatic hydroxyl groups is 1. The maximum absolute atomic E-state index is 12.9. The minimum absolute atomic E-state index is 0.212. The number of rotatable bonds is 4. The molecule has 2 fully saturated rings. The van der Waals surface area contributed by atoms with Crippen molar-refractivity contribution in [2.24, 2.45) is 0 Å². The van der Waals surface area contributed by atoms with Crippen LogP contribution in [0.5, 0.6) is 0 Å². The number of aromatic nitrogens is 1. The van der Waals surface area contributed by atoms with Crippen LogP contribution >= 0.6 is 0 Å². The summed E-state index contributed by atoms with van der Waals surface area (Å²) in [5, 5.41) is 13.7. The fraction of sp³-hybridized carbons (Fsp3) is 0.440. The Balaban J connectivity index is 1.27. The van der Waals surface area contributed by atoms with Crippen LogP contribution in [0.1, 0.15) is 58.6 Å². The van der Waals surface area contributed by atoms with Gasteiger partial charge in [-0.1, -0.05) is 29.8 Å². The number of piperidine rings is 2. The lowest BCUT2D eigenvalue weighted by atomic mass is 9.87. The summed E-state index contributed by atoms with van der Waals surface area (Å²) in [5.41, 5.74) is 3.09. The maximum atomic E-state index is 12.9. The van der Waals surface area contributed by atoms with Crippen LogP contribution < -0.4 is 5.32 Å². The lowest BCUT2D eigenvalue weighted by Crippen LogP contribution is -2.52. The largest absolute Gasteiger partial charge is 0.383 e. The Hall–Kier alpha value is -3.10. The van der Waals surface area contributed by atoms with E-state index < -0.39 is 17.6 Å². The summed E-state index contributed by atoms with van der Waals surface area (Å²) in [6.45, 7) is 4.66. The smallest absolute Gasteiger partial charge is 0.256 e. The molecule has 0 saturated carbocycles. The molecular weight excluding hydrogens is 420 g/mol. The van der Waals surface area contributed by atoms with Crippen molar-refractivity contribution in [1.82, 2.24) is 20.1 Å². The number of imide groups is 1. The predicted octanol–water partition coefficient (Wildman–Crippen LogP) is 1.63. The third-order valence-corrected chi connectivity index (χ3v) is 7.02. The number of carbonyl (C=O) groups is 3. The van der Waals surface area contributed by atoms with E-state index in [1.165, 1.54) is 16.0 Å². The Labute approximate surface area is 192 Å². The van der Waals surface area contributed by atoms with E-state index in [1.54, 1.807) is 12.1 Å². The fourth-order valence-corrected chi connectivity index (χ4v) is 5.10. The summed E-state index contributed by atoms with van der Waals surface area (Å²) in [5.74, 6) is -0.998. The zero-order chi connectivity index (χ0) is 23.2. The molecule has 172 valence electrons. The number of pyridine rings is 1. The zero-order valence-electron chi connectivity index (χ0n) is 18.7.